The van der Waals surface area contributed by atoms with Crippen LogP contribution >= 0.6 is 0 Å². The van der Waals surface area contributed by atoms with E-state index in [1.807, 2.05) is 67.6 Å². The number of nitrogens with zero attached hydrogens (tertiary/aromatic N) is 4. The van der Waals surface area contributed by atoms with Gasteiger partial charge in [-0.3, -0.25) is 4.79 Å². The SMILES string of the molecule is C[C@@H](NC(=O)CCc1nc(N2CCCCC2)c2c(-c3ccccc3)noc2n1)c1ccccc1. The van der Waals surface area contributed by atoms with Gasteiger partial charge in [-0.25, -0.2) is 4.98 Å². The molecule has 7 nitrogen and oxygen atoms in total. The molecule has 0 aliphatic carbocycles. The number of amides is 1. The van der Waals surface area contributed by atoms with Crippen molar-refractivity contribution in [1.29, 1.82) is 0 Å². The van der Waals surface area contributed by atoms with E-state index in [1.165, 1.54) is 6.42 Å². The molecule has 0 bridgehead atoms. The lowest BCUT2D eigenvalue weighted by Crippen LogP contribution is -2.31. The zero-order valence-corrected chi connectivity index (χ0v) is 19.4. The fraction of sp³-hybridized carbons (Fsp3) is 0.333. The van der Waals surface area contributed by atoms with Gasteiger partial charge in [0.05, 0.1) is 6.04 Å². The van der Waals surface area contributed by atoms with Gasteiger partial charge in [0.15, 0.2) is 0 Å². The zero-order valence-electron chi connectivity index (χ0n) is 19.4. The summed E-state index contributed by atoms with van der Waals surface area (Å²) in [6.07, 6.45) is 4.24. The average molecular weight is 456 g/mol. The van der Waals surface area contributed by atoms with Gasteiger partial charge in [0.2, 0.25) is 5.91 Å². The smallest absolute Gasteiger partial charge is 0.263 e. The first-order valence-electron chi connectivity index (χ1n) is 12.0. The Hall–Kier alpha value is -3.74. The molecule has 2 aromatic carbocycles. The Morgan fingerprint density at radius 1 is 1.00 bits per heavy atom. The van der Waals surface area contributed by atoms with Crippen LogP contribution in [-0.2, 0) is 11.2 Å². The molecule has 3 heterocycles. The quantitative estimate of drug-likeness (QED) is 0.418. The minimum Gasteiger partial charge on any atom is -0.356 e. The van der Waals surface area contributed by atoms with E-state index in [0.717, 1.165) is 54.0 Å². The van der Waals surface area contributed by atoms with Crippen LogP contribution in [-0.4, -0.2) is 34.1 Å². The number of nitrogens with one attached hydrogen (secondary N) is 1. The molecule has 4 aromatic rings. The standard InChI is InChI=1S/C27H29N5O2/c1-19(20-11-5-2-6-12-20)28-23(33)16-15-22-29-26(32-17-9-4-10-18-32)24-25(31-34-27(24)30-22)21-13-7-3-8-14-21/h2-3,5-8,11-14,19H,4,9-10,15-18H2,1H3,(H,28,33)/t19-/m1/s1. The first kappa shape index (κ1) is 22.1. The minimum absolute atomic E-state index is 0.0258. The number of carbonyl (C=O) groups excluding carboxylic acids is 1. The van der Waals surface area contributed by atoms with Gasteiger partial charge in [0.1, 0.15) is 22.7 Å². The van der Waals surface area contributed by atoms with Crippen LogP contribution in [0.2, 0.25) is 0 Å². The maximum Gasteiger partial charge on any atom is 0.263 e. The highest BCUT2D eigenvalue weighted by atomic mass is 16.5. The van der Waals surface area contributed by atoms with E-state index >= 15 is 0 Å². The molecule has 1 fully saturated rings. The number of fused-ring (bicyclic) bond motifs is 1. The van der Waals surface area contributed by atoms with Crippen LogP contribution in [0.3, 0.4) is 0 Å². The van der Waals surface area contributed by atoms with Gasteiger partial charge in [-0.15, -0.1) is 0 Å². The second kappa shape index (κ2) is 10.0. The third kappa shape index (κ3) is 4.78. The molecule has 1 amide bonds. The summed E-state index contributed by atoms with van der Waals surface area (Å²) in [5, 5.41) is 8.26. The molecule has 1 N–H and O–H groups in total. The zero-order chi connectivity index (χ0) is 23.3. The number of aromatic nitrogens is 3. The van der Waals surface area contributed by atoms with Gasteiger partial charge in [0, 0.05) is 31.5 Å². The maximum absolute atomic E-state index is 12.6. The number of hydrogen-bond donors (Lipinski definition) is 1. The molecule has 1 aliphatic heterocycles. The molecule has 174 valence electrons. The Labute approximate surface area is 199 Å². The van der Waals surface area contributed by atoms with Crippen molar-refractivity contribution in [3.63, 3.8) is 0 Å². The summed E-state index contributed by atoms with van der Waals surface area (Å²) in [4.78, 5) is 24.5. The molecular formula is C27H29N5O2. The summed E-state index contributed by atoms with van der Waals surface area (Å²) < 4.78 is 5.68. The summed E-state index contributed by atoms with van der Waals surface area (Å²) in [6, 6.07) is 19.9. The van der Waals surface area contributed by atoms with Crippen LogP contribution in [0.15, 0.2) is 65.2 Å². The molecule has 1 aliphatic rings. The minimum atomic E-state index is -0.0521. The topological polar surface area (TPSA) is 84.2 Å². The fourth-order valence-electron chi connectivity index (χ4n) is 4.48. The highest BCUT2D eigenvalue weighted by Gasteiger charge is 2.24. The lowest BCUT2D eigenvalue weighted by Gasteiger charge is -2.28. The summed E-state index contributed by atoms with van der Waals surface area (Å²) >= 11 is 0. The van der Waals surface area contributed by atoms with Crippen molar-refractivity contribution in [3.05, 3.63) is 72.1 Å². The van der Waals surface area contributed by atoms with Crippen molar-refractivity contribution in [2.75, 3.05) is 18.0 Å². The number of aryl methyl sites for hydroxylation is 1. The molecule has 0 radical (unpaired) electrons. The average Bonchev–Trinajstić information content (AvgIpc) is 3.32. The summed E-state index contributed by atoms with van der Waals surface area (Å²) in [6.45, 7) is 3.88. The van der Waals surface area contributed by atoms with Crippen molar-refractivity contribution in [3.8, 4) is 11.3 Å². The van der Waals surface area contributed by atoms with Gasteiger partial charge in [-0.1, -0.05) is 65.8 Å². The van der Waals surface area contributed by atoms with E-state index in [9.17, 15) is 4.79 Å². The maximum atomic E-state index is 12.6. The first-order valence-corrected chi connectivity index (χ1v) is 12.0. The van der Waals surface area contributed by atoms with Gasteiger partial charge in [0.25, 0.3) is 5.71 Å². The number of rotatable bonds is 7. The predicted molar refractivity (Wildman–Crippen MR) is 132 cm³/mol. The lowest BCUT2D eigenvalue weighted by molar-refractivity contribution is -0.121. The highest BCUT2D eigenvalue weighted by molar-refractivity contribution is 5.98. The Morgan fingerprint density at radius 2 is 1.71 bits per heavy atom. The molecule has 7 heteroatoms. The van der Waals surface area contributed by atoms with Crippen LogP contribution in [0.5, 0.6) is 0 Å². The molecule has 1 atom stereocenters. The van der Waals surface area contributed by atoms with Crippen molar-refractivity contribution in [2.24, 2.45) is 0 Å². The lowest BCUT2D eigenvalue weighted by atomic mass is 10.1. The fourth-order valence-corrected chi connectivity index (χ4v) is 4.48. The summed E-state index contributed by atoms with van der Waals surface area (Å²) in [7, 11) is 0. The molecule has 0 unspecified atom stereocenters. The number of benzene rings is 2. The van der Waals surface area contributed by atoms with E-state index in [0.29, 0.717) is 24.4 Å². The van der Waals surface area contributed by atoms with Gasteiger partial charge in [-0.2, -0.15) is 4.98 Å². The normalized spacial score (nSPS) is 14.8. The number of piperidine rings is 1. The number of carbonyl (C=O) groups is 1. The van der Waals surface area contributed by atoms with Crippen LogP contribution in [0.1, 0.15) is 50.0 Å². The molecule has 34 heavy (non-hydrogen) atoms. The molecule has 2 aromatic heterocycles. The van der Waals surface area contributed by atoms with Crippen LogP contribution in [0, 0.1) is 0 Å². The van der Waals surface area contributed by atoms with Crippen molar-refractivity contribution in [2.45, 2.75) is 45.1 Å². The highest BCUT2D eigenvalue weighted by Crippen LogP contribution is 2.34. The summed E-state index contributed by atoms with van der Waals surface area (Å²) in [5.41, 5.74) is 3.29. The number of hydrogen-bond acceptors (Lipinski definition) is 6. The monoisotopic (exact) mass is 455 g/mol. The van der Waals surface area contributed by atoms with Crippen molar-refractivity contribution >= 4 is 22.8 Å². The van der Waals surface area contributed by atoms with Gasteiger partial charge < -0.3 is 14.7 Å². The van der Waals surface area contributed by atoms with E-state index < -0.39 is 0 Å². The second-order valence-corrected chi connectivity index (χ2v) is 8.79. The summed E-state index contributed by atoms with van der Waals surface area (Å²) in [5.74, 6) is 1.44. The molecule has 5 rings (SSSR count). The first-order chi connectivity index (χ1) is 16.7. The van der Waals surface area contributed by atoms with Crippen molar-refractivity contribution < 1.29 is 9.32 Å². The van der Waals surface area contributed by atoms with E-state index in [1.54, 1.807) is 0 Å². The van der Waals surface area contributed by atoms with E-state index in [2.05, 4.69) is 20.4 Å². The molecule has 1 saturated heterocycles. The van der Waals surface area contributed by atoms with Gasteiger partial charge in [-0.05, 0) is 31.7 Å². The Bertz CT molecular complexity index is 1250. The molecular weight excluding hydrogens is 426 g/mol. The molecule has 0 saturated carbocycles. The van der Waals surface area contributed by atoms with E-state index in [4.69, 9.17) is 9.51 Å². The Balaban J connectivity index is 1.39. The van der Waals surface area contributed by atoms with Crippen LogP contribution in [0.25, 0.3) is 22.4 Å². The third-order valence-electron chi connectivity index (χ3n) is 6.32. The van der Waals surface area contributed by atoms with Crippen LogP contribution in [0.4, 0.5) is 5.82 Å². The second-order valence-electron chi connectivity index (χ2n) is 8.79. The Morgan fingerprint density at radius 3 is 2.44 bits per heavy atom. The van der Waals surface area contributed by atoms with E-state index in [-0.39, 0.29) is 11.9 Å². The predicted octanol–water partition coefficient (Wildman–Crippen LogP) is 5.09. The van der Waals surface area contributed by atoms with Gasteiger partial charge >= 0.3 is 0 Å². The largest absolute Gasteiger partial charge is 0.356 e. The van der Waals surface area contributed by atoms with Crippen molar-refractivity contribution in [1.82, 2.24) is 20.4 Å². The van der Waals surface area contributed by atoms with Crippen LogP contribution < -0.4 is 10.2 Å². The Kier molecular flexibility index (Phi) is 6.51. The number of anilines is 1. The molecule has 0 spiro atoms. The third-order valence-corrected chi connectivity index (χ3v) is 6.32.